The number of rotatable bonds is 3. The van der Waals surface area contributed by atoms with Gasteiger partial charge in [0.1, 0.15) is 11.5 Å². The van der Waals surface area contributed by atoms with Crippen LogP contribution in [0.1, 0.15) is 15.9 Å². The molecule has 2 aromatic carbocycles. The second-order valence-corrected chi connectivity index (χ2v) is 4.10. The second-order valence-electron chi connectivity index (χ2n) is 4.10. The Balaban J connectivity index is 2.04. The molecule has 22 heavy (non-hydrogen) atoms. The van der Waals surface area contributed by atoms with Gasteiger partial charge in [-0.15, -0.1) is 13.2 Å². The summed E-state index contributed by atoms with van der Waals surface area (Å²) in [5, 5.41) is 8.65. The van der Waals surface area contributed by atoms with Crippen LogP contribution in [-0.4, -0.2) is 12.3 Å². The van der Waals surface area contributed by atoms with Gasteiger partial charge in [0.05, 0.1) is 17.2 Å². The largest absolute Gasteiger partial charge is 0.573 e. The van der Waals surface area contributed by atoms with Gasteiger partial charge in [0.2, 0.25) is 0 Å². The molecule has 0 saturated carbocycles. The number of benzene rings is 2. The maximum atomic E-state index is 12.0. The lowest BCUT2D eigenvalue weighted by atomic mass is 10.2. The molecule has 7 heteroatoms. The molecule has 2 aromatic rings. The summed E-state index contributed by atoms with van der Waals surface area (Å²) in [5.74, 6) is -0.940. The van der Waals surface area contributed by atoms with Crippen LogP contribution in [0.5, 0.6) is 11.5 Å². The molecule has 0 fully saturated rings. The predicted molar refractivity (Wildman–Crippen MR) is 69.2 cm³/mol. The Kier molecular flexibility index (Phi) is 4.32. The van der Waals surface area contributed by atoms with Crippen LogP contribution >= 0.6 is 0 Å². The van der Waals surface area contributed by atoms with E-state index in [4.69, 9.17) is 10.00 Å². The molecule has 0 aliphatic carbocycles. The van der Waals surface area contributed by atoms with Crippen LogP contribution in [0.2, 0.25) is 0 Å². The summed E-state index contributed by atoms with van der Waals surface area (Å²) < 4.78 is 44.8. The average Bonchev–Trinajstić information content (AvgIpc) is 2.47. The van der Waals surface area contributed by atoms with Crippen molar-refractivity contribution in [3.8, 4) is 17.6 Å². The summed E-state index contributed by atoms with van der Waals surface area (Å²) >= 11 is 0. The van der Waals surface area contributed by atoms with E-state index in [0.717, 1.165) is 24.3 Å². The number of nitriles is 1. The first-order valence-corrected chi connectivity index (χ1v) is 5.95. The van der Waals surface area contributed by atoms with Gasteiger partial charge in [0.25, 0.3) is 0 Å². The summed E-state index contributed by atoms with van der Waals surface area (Å²) in [7, 11) is 0. The van der Waals surface area contributed by atoms with Crippen LogP contribution in [0.25, 0.3) is 0 Å². The third-order valence-corrected chi connectivity index (χ3v) is 2.52. The summed E-state index contributed by atoms with van der Waals surface area (Å²) in [5.41, 5.74) is 0.479. The van der Waals surface area contributed by atoms with Crippen molar-refractivity contribution in [3.05, 3.63) is 59.7 Å². The first-order valence-electron chi connectivity index (χ1n) is 5.95. The van der Waals surface area contributed by atoms with Gasteiger partial charge in [-0.2, -0.15) is 5.26 Å². The number of hydrogen-bond donors (Lipinski definition) is 0. The normalized spacial score (nSPS) is 10.6. The molecule has 0 amide bonds. The van der Waals surface area contributed by atoms with E-state index in [1.165, 1.54) is 24.3 Å². The van der Waals surface area contributed by atoms with Crippen molar-refractivity contribution in [2.75, 3.05) is 0 Å². The topological polar surface area (TPSA) is 59.3 Å². The molecule has 0 radical (unpaired) electrons. The first kappa shape index (κ1) is 15.4. The van der Waals surface area contributed by atoms with Crippen molar-refractivity contribution in [1.29, 1.82) is 5.26 Å². The SMILES string of the molecule is N#Cc1ccc(OC(=O)c2ccc(OC(F)(F)F)cc2)cc1. The number of carbonyl (C=O) groups is 1. The zero-order valence-corrected chi connectivity index (χ0v) is 10.9. The molecule has 0 N–H and O–H groups in total. The quantitative estimate of drug-likeness (QED) is 0.641. The van der Waals surface area contributed by atoms with Crippen molar-refractivity contribution in [2.45, 2.75) is 6.36 Å². The Morgan fingerprint density at radius 1 is 0.955 bits per heavy atom. The van der Waals surface area contributed by atoms with Gasteiger partial charge < -0.3 is 9.47 Å². The fourth-order valence-corrected chi connectivity index (χ4v) is 1.56. The number of ether oxygens (including phenoxy) is 2. The van der Waals surface area contributed by atoms with Crippen LogP contribution in [0, 0.1) is 11.3 Å². The van der Waals surface area contributed by atoms with Gasteiger partial charge in [-0.3, -0.25) is 0 Å². The van der Waals surface area contributed by atoms with Crippen molar-refractivity contribution >= 4 is 5.97 Å². The maximum absolute atomic E-state index is 12.0. The average molecular weight is 307 g/mol. The van der Waals surface area contributed by atoms with Gasteiger partial charge in [-0.25, -0.2) is 4.79 Å². The molecule has 0 bridgehead atoms. The van der Waals surface area contributed by atoms with Crippen LogP contribution < -0.4 is 9.47 Å². The summed E-state index contributed by atoms with van der Waals surface area (Å²) in [6.07, 6.45) is -4.79. The minimum Gasteiger partial charge on any atom is -0.423 e. The number of halogens is 3. The van der Waals surface area contributed by atoms with E-state index in [-0.39, 0.29) is 11.3 Å². The summed E-state index contributed by atoms with van der Waals surface area (Å²) in [4.78, 5) is 11.8. The molecule has 0 saturated heterocycles. The van der Waals surface area contributed by atoms with Gasteiger partial charge in [-0.05, 0) is 48.5 Å². The molecule has 0 aromatic heterocycles. The van der Waals surface area contributed by atoms with Crippen molar-refractivity contribution < 1.29 is 27.4 Å². The van der Waals surface area contributed by atoms with Crippen LogP contribution in [-0.2, 0) is 0 Å². The Labute approximate surface area is 123 Å². The van der Waals surface area contributed by atoms with Gasteiger partial charge in [0, 0.05) is 0 Å². The van der Waals surface area contributed by atoms with Crippen molar-refractivity contribution in [2.24, 2.45) is 0 Å². The van der Waals surface area contributed by atoms with E-state index in [0.29, 0.717) is 5.56 Å². The minimum absolute atomic E-state index is 0.0684. The van der Waals surface area contributed by atoms with E-state index in [1.54, 1.807) is 0 Å². The van der Waals surface area contributed by atoms with Gasteiger partial charge in [0.15, 0.2) is 0 Å². The number of esters is 1. The maximum Gasteiger partial charge on any atom is 0.573 e. The minimum atomic E-state index is -4.79. The highest BCUT2D eigenvalue weighted by atomic mass is 19.4. The summed E-state index contributed by atoms with van der Waals surface area (Å²) in [6, 6.07) is 12.1. The molecule has 0 unspecified atom stereocenters. The molecule has 0 heterocycles. The molecule has 112 valence electrons. The predicted octanol–water partition coefficient (Wildman–Crippen LogP) is 3.68. The number of carbonyl (C=O) groups excluding carboxylic acids is 1. The lowest BCUT2D eigenvalue weighted by Gasteiger charge is -2.09. The number of hydrogen-bond acceptors (Lipinski definition) is 4. The van der Waals surface area contributed by atoms with E-state index < -0.39 is 18.1 Å². The zero-order valence-electron chi connectivity index (χ0n) is 10.9. The third kappa shape index (κ3) is 4.24. The van der Waals surface area contributed by atoms with Crippen LogP contribution in [0.3, 0.4) is 0 Å². The molecule has 0 aliphatic heterocycles. The van der Waals surface area contributed by atoms with Crippen molar-refractivity contribution in [3.63, 3.8) is 0 Å². The fraction of sp³-hybridized carbons (Fsp3) is 0.0667. The number of nitrogens with zero attached hydrogens (tertiary/aromatic N) is 1. The highest BCUT2D eigenvalue weighted by Gasteiger charge is 2.31. The molecule has 4 nitrogen and oxygen atoms in total. The Hall–Kier alpha value is -3.01. The fourth-order valence-electron chi connectivity index (χ4n) is 1.56. The highest BCUT2D eigenvalue weighted by molar-refractivity contribution is 5.91. The zero-order chi connectivity index (χ0) is 16.2. The van der Waals surface area contributed by atoms with E-state index in [2.05, 4.69) is 4.74 Å². The second kappa shape index (κ2) is 6.18. The molecular formula is C15H8F3NO3. The molecule has 0 aliphatic rings. The van der Waals surface area contributed by atoms with Crippen LogP contribution in [0.4, 0.5) is 13.2 Å². The van der Waals surface area contributed by atoms with Gasteiger partial charge in [-0.1, -0.05) is 0 Å². The Morgan fingerprint density at radius 3 is 2.00 bits per heavy atom. The lowest BCUT2D eigenvalue weighted by molar-refractivity contribution is -0.274. The number of alkyl halides is 3. The monoisotopic (exact) mass is 307 g/mol. The molecule has 0 atom stereocenters. The molecular weight excluding hydrogens is 299 g/mol. The Bertz CT molecular complexity index is 701. The molecule has 2 rings (SSSR count). The Morgan fingerprint density at radius 2 is 1.50 bits per heavy atom. The van der Waals surface area contributed by atoms with E-state index >= 15 is 0 Å². The smallest absolute Gasteiger partial charge is 0.423 e. The summed E-state index contributed by atoms with van der Waals surface area (Å²) in [6.45, 7) is 0. The highest BCUT2D eigenvalue weighted by Crippen LogP contribution is 2.23. The van der Waals surface area contributed by atoms with Gasteiger partial charge >= 0.3 is 12.3 Å². The lowest BCUT2D eigenvalue weighted by Crippen LogP contribution is -2.17. The van der Waals surface area contributed by atoms with Crippen LogP contribution in [0.15, 0.2) is 48.5 Å². The van der Waals surface area contributed by atoms with E-state index in [1.807, 2.05) is 6.07 Å². The van der Waals surface area contributed by atoms with E-state index in [9.17, 15) is 18.0 Å². The standard InChI is InChI=1S/C15H8F3NO3/c16-15(17,18)22-13-7-3-11(4-8-13)14(20)21-12-5-1-10(9-19)2-6-12/h1-8H. The first-order chi connectivity index (χ1) is 10.4. The molecule has 0 spiro atoms. The third-order valence-electron chi connectivity index (χ3n) is 2.52. The van der Waals surface area contributed by atoms with Crippen molar-refractivity contribution in [1.82, 2.24) is 0 Å².